The lowest BCUT2D eigenvalue weighted by molar-refractivity contribution is 0.785. The fourth-order valence-electron chi connectivity index (χ4n) is 1.91. The topological polar surface area (TPSA) is 63.6 Å². The molecule has 0 aliphatic heterocycles. The number of pyridine rings is 2. The van der Waals surface area contributed by atoms with Crippen molar-refractivity contribution < 1.29 is 0 Å². The van der Waals surface area contributed by atoms with Crippen LogP contribution in [0.15, 0.2) is 23.3 Å². The maximum absolute atomic E-state index is 12.3. The van der Waals surface area contributed by atoms with E-state index >= 15 is 0 Å². The van der Waals surface area contributed by atoms with Crippen molar-refractivity contribution in [2.24, 2.45) is 0 Å². The highest BCUT2D eigenvalue weighted by Gasteiger charge is 2.11. The fraction of sp³-hybridized carbons (Fsp3) is 0.182. The summed E-state index contributed by atoms with van der Waals surface area (Å²) in [5, 5.41) is 0.875. The Morgan fingerprint density at radius 2 is 2.24 bits per heavy atom. The van der Waals surface area contributed by atoms with Crippen LogP contribution < -0.4 is 5.43 Å². The first-order chi connectivity index (χ1) is 8.20. The van der Waals surface area contributed by atoms with Crippen LogP contribution in [0.3, 0.4) is 0 Å². The van der Waals surface area contributed by atoms with Gasteiger partial charge in [-0.15, -0.1) is 0 Å². The van der Waals surface area contributed by atoms with E-state index in [0.717, 1.165) is 0 Å². The average Bonchev–Trinajstić information content (AvgIpc) is 2.72. The van der Waals surface area contributed by atoms with Gasteiger partial charge in [-0.1, -0.05) is 11.6 Å². The molecule has 5 nitrogen and oxygen atoms in total. The van der Waals surface area contributed by atoms with Gasteiger partial charge < -0.3 is 9.55 Å². The van der Waals surface area contributed by atoms with Crippen LogP contribution in [0, 0.1) is 0 Å². The normalized spacial score (nSPS) is 11.4. The Kier molecular flexibility index (Phi) is 2.16. The number of halogens is 1. The molecule has 86 valence electrons. The van der Waals surface area contributed by atoms with Crippen LogP contribution >= 0.6 is 11.6 Å². The van der Waals surface area contributed by atoms with Gasteiger partial charge in [0.25, 0.3) is 0 Å². The van der Waals surface area contributed by atoms with Crippen molar-refractivity contribution in [2.75, 3.05) is 0 Å². The second-order valence-corrected chi connectivity index (χ2v) is 4.10. The number of nitrogens with one attached hydrogen (secondary N) is 1. The van der Waals surface area contributed by atoms with Gasteiger partial charge in [0.1, 0.15) is 16.3 Å². The van der Waals surface area contributed by atoms with Crippen LogP contribution in [0.1, 0.15) is 6.92 Å². The smallest absolute Gasteiger partial charge is 0.216 e. The van der Waals surface area contributed by atoms with Gasteiger partial charge in [0, 0.05) is 6.54 Å². The van der Waals surface area contributed by atoms with Crippen molar-refractivity contribution in [2.45, 2.75) is 13.5 Å². The molecule has 3 heterocycles. The second-order valence-electron chi connectivity index (χ2n) is 3.71. The average molecular weight is 249 g/mol. The standard InChI is InChI=1S/C11H9ClN4O/c1-2-16-5-13-11-8(16)9(17)6-3-4-7(12)14-10(6)15-11/h3-5H,2H2,1H3,(H,14,15,17). The van der Waals surface area contributed by atoms with Crippen molar-refractivity contribution in [1.82, 2.24) is 19.5 Å². The quantitative estimate of drug-likeness (QED) is 0.670. The summed E-state index contributed by atoms with van der Waals surface area (Å²) in [6.07, 6.45) is 1.64. The van der Waals surface area contributed by atoms with Gasteiger partial charge in [0.15, 0.2) is 5.65 Å². The molecule has 17 heavy (non-hydrogen) atoms. The SMILES string of the molecule is CCn1cnc2[nH]c3nc(Cl)ccc3c(=O)c21. The van der Waals surface area contributed by atoms with Crippen molar-refractivity contribution in [3.8, 4) is 0 Å². The molecule has 0 spiro atoms. The molecule has 1 N–H and O–H groups in total. The van der Waals surface area contributed by atoms with Gasteiger partial charge >= 0.3 is 0 Å². The van der Waals surface area contributed by atoms with E-state index in [0.29, 0.717) is 33.9 Å². The Morgan fingerprint density at radius 1 is 1.41 bits per heavy atom. The predicted molar refractivity (Wildman–Crippen MR) is 66.3 cm³/mol. The largest absolute Gasteiger partial charge is 0.326 e. The highest BCUT2D eigenvalue weighted by atomic mass is 35.5. The number of hydrogen-bond acceptors (Lipinski definition) is 3. The van der Waals surface area contributed by atoms with E-state index in [1.807, 2.05) is 11.5 Å². The lowest BCUT2D eigenvalue weighted by Crippen LogP contribution is -2.09. The highest BCUT2D eigenvalue weighted by Crippen LogP contribution is 2.14. The van der Waals surface area contributed by atoms with Gasteiger partial charge in [0.05, 0.1) is 11.7 Å². The number of aromatic amines is 1. The minimum absolute atomic E-state index is 0.0720. The molecule has 0 unspecified atom stereocenters. The number of nitrogens with zero attached hydrogens (tertiary/aromatic N) is 3. The molecule has 0 aliphatic rings. The number of H-pyrrole nitrogens is 1. The summed E-state index contributed by atoms with van der Waals surface area (Å²) in [6.45, 7) is 2.66. The fourth-order valence-corrected chi connectivity index (χ4v) is 2.05. The molecule has 0 aromatic carbocycles. The molecule has 0 atom stereocenters. The Labute approximate surface area is 101 Å². The van der Waals surface area contributed by atoms with Gasteiger partial charge in [-0.3, -0.25) is 4.79 Å². The summed E-state index contributed by atoms with van der Waals surface area (Å²) < 4.78 is 1.81. The van der Waals surface area contributed by atoms with E-state index in [1.165, 1.54) is 0 Å². The van der Waals surface area contributed by atoms with Gasteiger partial charge in [0.2, 0.25) is 5.43 Å². The van der Waals surface area contributed by atoms with E-state index in [4.69, 9.17) is 11.6 Å². The van der Waals surface area contributed by atoms with Gasteiger partial charge in [-0.2, -0.15) is 0 Å². The van der Waals surface area contributed by atoms with Gasteiger partial charge in [-0.25, -0.2) is 9.97 Å². The molecule has 0 saturated carbocycles. The molecule has 3 aromatic heterocycles. The molecule has 0 bridgehead atoms. The first kappa shape index (κ1) is 10.3. The lowest BCUT2D eigenvalue weighted by Gasteiger charge is -2.00. The maximum Gasteiger partial charge on any atom is 0.216 e. The summed E-state index contributed by atoms with van der Waals surface area (Å²) in [4.78, 5) is 23.5. The molecule has 0 fully saturated rings. The molecule has 0 amide bonds. The highest BCUT2D eigenvalue weighted by molar-refractivity contribution is 6.29. The third-order valence-corrected chi connectivity index (χ3v) is 2.95. The number of aromatic nitrogens is 4. The Bertz CT molecular complexity index is 774. The molecule has 6 heteroatoms. The van der Waals surface area contributed by atoms with E-state index in [2.05, 4.69) is 15.0 Å². The number of aryl methyl sites for hydroxylation is 1. The van der Waals surface area contributed by atoms with Crippen LogP contribution in [0.25, 0.3) is 22.2 Å². The summed E-state index contributed by atoms with van der Waals surface area (Å²) in [6, 6.07) is 3.29. The monoisotopic (exact) mass is 248 g/mol. The van der Waals surface area contributed by atoms with Gasteiger partial charge in [-0.05, 0) is 19.1 Å². The molecular weight excluding hydrogens is 240 g/mol. The predicted octanol–water partition coefficient (Wildman–Crippen LogP) is 1.95. The third-order valence-electron chi connectivity index (χ3n) is 2.74. The first-order valence-corrected chi connectivity index (χ1v) is 5.62. The second kappa shape index (κ2) is 3.56. The number of hydrogen-bond donors (Lipinski definition) is 1. The summed E-state index contributed by atoms with van der Waals surface area (Å²) in [5.41, 5.74) is 1.51. The Balaban J connectivity index is 2.55. The van der Waals surface area contributed by atoms with Crippen molar-refractivity contribution >= 4 is 33.8 Å². The van der Waals surface area contributed by atoms with E-state index in [-0.39, 0.29) is 5.43 Å². The van der Waals surface area contributed by atoms with E-state index < -0.39 is 0 Å². The van der Waals surface area contributed by atoms with Crippen LogP contribution in [0.5, 0.6) is 0 Å². The number of fused-ring (bicyclic) bond motifs is 2. The summed E-state index contributed by atoms with van der Waals surface area (Å²) >= 11 is 5.80. The summed E-state index contributed by atoms with van der Waals surface area (Å²) in [7, 11) is 0. The van der Waals surface area contributed by atoms with Crippen molar-refractivity contribution in [3.05, 3.63) is 33.8 Å². The number of imidazole rings is 1. The molecule has 0 aliphatic carbocycles. The third kappa shape index (κ3) is 1.43. The Morgan fingerprint density at radius 3 is 3.00 bits per heavy atom. The van der Waals surface area contributed by atoms with E-state index in [9.17, 15) is 4.79 Å². The minimum Gasteiger partial charge on any atom is -0.326 e. The molecule has 3 aromatic rings. The van der Waals surface area contributed by atoms with Crippen molar-refractivity contribution in [1.29, 1.82) is 0 Å². The summed E-state index contributed by atoms with van der Waals surface area (Å²) in [5.74, 6) is 0. The zero-order valence-electron chi connectivity index (χ0n) is 9.07. The molecule has 0 saturated heterocycles. The maximum atomic E-state index is 12.3. The minimum atomic E-state index is -0.0720. The van der Waals surface area contributed by atoms with Crippen LogP contribution in [-0.2, 0) is 6.54 Å². The Hall–Kier alpha value is -1.88. The molecule has 0 radical (unpaired) electrons. The molecular formula is C11H9ClN4O. The number of rotatable bonds is 1. The lowest BCUT2D eigenvalue weighted by atomic mass is 10.2. The van der Waals surface area contributed by atoms with Crippen LogP contribution in [0.4, 0.5) is 0 Å². The molecule has 3 rings (SSSR count). The zero-order valence-corrected chi connectivity index (χ0v) is 9.82. The van der Waals surface area contributed by atoms with Crippen LogP contribution in [0.2, 0.25) is 5.15 Å². The zero-order chi connectivity index (χ0) is 12.0. The van der Waals surface area contributed by atoms with E-state index in [1.54, 1.807) is 18.5 Å². The van der Waals surface area contributed by atoms with Crippen molar-refractivity contribution in [3.63, 3.8) is 0 Å². The first-order valence-electron chi connectivity index (χ1n) is 5.24. The van der Waals surface area contributed by atoms with Crippen LogP contribution in [-0.4, -0.2) is 19.5 Å².